The predicted molar refractivity (Wildman–Crippen MR) is 147 cm³/mol. The van der Waals surface area contributed by atoms with Crippen molar-refractivity contribution in [3.8, 4) is 11.5 Å². The van der Waals surface area contributed by atoms with Gasteiger partial charge < -0.3 is 25.4 Å². The first kappa shape index (κ1) is 25.4. The fraction of sp³-hybridized carbons (Fsp3) is 0.393. The summed E-state index contributed by atoms with van der Waals surface area (Å²) in [6.07, 6.45) is 5.59. The number of nitrogens with one attached hydrogen (secondary N) is 3. The topological polar surface area (TPSA) is 92.7 Å². The minimum Gasteiger partial charge on any atom is -0.493 e. The van der Waals surface area contributed by atoms with Gasteiger partial charge in [0.25, 0.3) is 0 Å². The van der Waals surface area contributed by atoms with Gasteiger partial charge in [0.1, 0.15) is 12.1 Å². The Bertz CT molecular complexity index is 1220. The average molecular weight is 489 g/mol. The van der Waals surface area contributed by atoms with Crippen LogP contribution in [-0.2, 0) is 0 Å². The summed E-state index contributed by atoms with van der Waals surface area (Å²) in [4.78, 5) is 13.6. The summed E-state index contributed by atoms with van der Waals surface area (Å²) in [7, 11) is 1.65. The van der Waals surface area contributed by atoms with Crippen molar-refractivity contribution in [1.29, 1.82) is 0 Å². The summed E-state index contributed by atoms with van der Waals surface area (Å²) in [6, 6.07) is 10.0. The van der Waals surface area contributed by atoms with E-state index in [1.165, 1.54) is 0 Å². The van der Waals surface area contributed by atoms with Crippen LogP contribution in [0, 0.1) is 19.8 Å². The molecule has 3 aromatic rings. The van der Waals surface area contributed by atoms with Crippen molar-refractivity contribution >= 4 is 28.4 Å². The third-order valence-corrected chi connectivity index (χ3v) is 6.62. The minimum absolute atomic E-state index is 0.0806. The van der Waals surface area contributed by atoms with E-state index in [-0.39, 0.29) is 6.10 Å². The molecular weight excluding hydrogens is 452 g/mol. The van der Waals surface area contributed by atoms with Gasteiger partial charge in [-0.3, -0.25) is 0 Å². The maximum Gasteiger partial charge on any atom is 0.201 e. The number of anilines is 2. The quantitative estimate of drug-likeness (QED) is 0.231. The molecular formula is C28H36N6O2. The second-order valence-corrected chi connectivity index (χ2v) is 9.15. The Morgan fingerprint density at radius 2 is 1.92 bits per heavy atom. The van der Waals surface area contributed by atoms with E-state index in [1.807, 2.05) is 18.2 Å². The van der Waals surface area contributed by atoms with E-state index in [1.54, 1.807) is 19.5 Å². The number of piperidine rings is 1. The lowest BCUT2D eigenvalue weighted by atomic mass is 9.93. The Kier molecular flexibility index (Phi) is 8.38. The number of para-hydroxylation sites is 1. The first-order chi connectivity index (χ1) is 17.5. The third-order valence-electron chi connectivity index (χ3n) is 6.62. The van der Waals surface area contributed by atoms with Crippen LogP contribution in [0.3, 0.4) is 0 Å². The number of aryl methyl sites for hydroxylation is 2. The number of guanidine groups is 1. The number of aromatic nitrogens is 2. The predicted octanol–water partition coefficient (Wildman–Crippen LogP) is 5.09. The molecule has 1 atom stereocenters. The van der Waals surface area contributed by atoms with E-state index in [2.05, 4.69) is 70.4 Å². The second-order valence-electron chi connectivity index (χ2n) is 9.15. The van der Waals surface area contributed by atoms with Crippen LogP contribution in [0.5, 0.6) is 11.5 Å². The number of ether oxygens (including phenoxy) is 2. The molecule has 1 saturated heterocycles. The highest BCUT2D eigenvalue weighted by Crippen LogP contribution is 2.36. The van der Waals surface area contributed by atoms with Crippen LogP contribution in [0.25, 0.3) is 10.9 Å². The average Bonchev–Trinajstić information content (AvgIpc) is 2.89. The molecule has 0 radical (unpaired) electrons. The summed E-state index contributed by atoms with van der Waals surface area (Å²) in [5, 5.41) is 11.0. The van der Waals surface area contributed by atoms with Crippen molar-refractivity contribution in [3.05, 3.63) is 60.4 Å². The molecule has 36 heavy (non-hydrogen) atoms. The normalized spacial score (nSPS) is 15.4. The fourth-order valence-corrected chi connectivity index (χ4v) is 4.53. The molecule has 1 aromatic heterocycles. The number of nitrogens with zero attached hydrogens (tertiary/aromatic N) is 3. The van der Waals surface area contributed by atoms with Crippen molar-refractivity contribution in [3.63, 3.8) is 0 Å². The molecule has 4 rings (SSSR count). The fourth-order valence-electron chi connectivity index (χ4n) is 4.53. The molecule has 0 spiro atoms. The van der Waals surface area contributed by atoms with Crippen molar-refractivity contribution in [1.82, 2.24) is 15.3 Å². The van der Waals surface area contributed by atoms with Gasteiger partial charge in [-0.25, -0.2) is 15.0 Å². The molecule has 1 unspecified atom stereocenters. The third kappa shape index (κ3) is 5.94. The van der Waals surface area contributed by atoms with Gasteiger partial charge in [-0.05, 0) is 69.8 Å². The zero-order chi connectivity index (χ0) is 25.5. The van der Waals surface area contributed by atoms with Gasteiger partial charge in [0.15, 0.2) is 11.5 Å². The maximum absolute atomic E-state index is 6.38. The largest absolute Gasteiger partial charge is 0.493 e. The summed E-state index contributed by atoms with van der Waals surface area (Å²) in [5.41, 5.74) is 4.02. The SMILES string of the molecule is C=CCN=C(Nc1c(C)cccc1C)Nc1ncnc2cc(OC(C)C3CCNCC3)c(OC)cc12. The lowest BCUT2D eigenvalue weighted by Gasteiger charge is -2.29. The van der Waals surface area contributed by atoms with Gasteiger partial charge in [-0.1, -0.05) is 24.3 Å². The van der Waals surface area contributed by atoms with Gasteiger partial charge in [-0.2, -0.15) is 0 Å². The van der Waals surface area contributed by atoms with Crippen LogP contribution >= 0.6 is 0 Å². The second kappa shape index (κ2) is 11.9. The Balaban J connectivity index is 1.63. The molecule has 8 nitrogen and oxygen atoms in total. The molecule has 8 heteroatoms. The summed E-state index contributed by atoms with van der Waals surface area (Å²) in [6.45, 7) is 12.6. The number of aliphatic imine (C=N–C) groups is 1. The zero-order valence-electron chi connectivity index (χ0n) is 21.6. The number of hydrogen-bond donors (Lipinski definition) is 3. The number of methoxy groups -OCH3 is 1. The molecule has 0 saturated carbocycles. The lowest BCUT2D eigenvalue weighted by molar-refractivity contribution is 0.124. The van der Waals surface area contributed by atoms with Crippen molar-refractivity contribution in [2.45, 2.75) is 39.7 Å². The number of benzene rings is 2. The molecule has 2 aromatic carbocycles. The van der Waals surface area contributed by atoms with Gasteiger partial charge in [0.2, 0.25) is 5.96 Å². The van der Waals surface area contributed by atoms with Crippen molar-refractivity contribution < 1.29 is 9.47 Å². The Hall–Kier alpha value is -3.65. The van der Waals surface area contributed by atoms with Crippen molar-refractivity contribution in [2.24, 2.45) is 10.9 Å². The van der Waals surface area contributed by atoms with Gasteiger partial charge in [0.05, 0.1) is 25.3 Å². The van der Waals surface area contributed by atoms with E-state index < -0.39 is 0 Å². The van der Waals surface area contributed by atoms with Gasteiger partial charge in [-0.15, -0.1) is 6.58 Å². The van der Waals surface area contributed by atoms with Crippen LogP contribution in [0.15, 0.2) is 54.3 Å². The zero-order valence-corrected chi connectivity index (χ0v) is 21.6. The summed E-state index contributed by atoms with van der Waals surface area (Å²) < 4.78 is 12.1. The molecule has 0 bridgehead atoms. The Morgan fingerprint density at radius 3 is 2.61 bits per heavy atom. The molecule has 0 amide bonds. The molecule has 1 aliphatic heterocycles. The van der Waals surface area contributed by atoms with E-state index >= 15 is 0 Å². The molecule has 1 fully saturated rings. The smallest absolute Gasteiger partial charge is 0.201 e. The first-order valence-electron chi connectivity index (χ1n) is 12.5. The molecule has 1 aliphatic rings. The highest BCUT2D eigenvalue weighted by Gasteiger charge is 2.23. The van der Waals surface area contributed by atoms with E-state index in [4.69, 9.17) is 9.47 Å². The van der Waals surface area contributed by atoms with Crippen LogP contribution in [0.2, 0.25) is 0 Å². The monoisotopic (exact) mass is 488 g/mol. The van der Waals surface area contributed by atoms with Crippen molar-refractivity contribution in [2.75, 3.05) is 37.4 Å². The van der Waals surface area contributed by atoms with E-state index in [0.717, 1.165) is 53.6 Å². The van der Waals surface area contributed by atoms with Gasteiger partial charge in [0, 0.05) is 17.1 Å². The molecule has 3 N–H and O–H groups in total. The summed E-state index contributed by atoms with van der Waals surface area (Å²) >= 11 is 0. The maximum atomic E-state index is 6.38. The lowest BCUT2D eigenvalue weighted by Crippen LogP contribution is -2.35. The highest BCUT2D eigenvalue weighted by atomic mass is 16.5. The van der Waals surface area contributed by atoms with Crippen LogP contribution < -0.4 is 25.4 Å². The molecule has 0 aliphatic carbocycles. The van der Waals surface area contributed by atoms with E-state index in [0.29, 0.717) is 35.7 Å². The number of rotatable bonds is 8. The highest BCUT2D eigenvalue weighted by molar-refractivity contribution is 6.08. The standard InChI is InChI=1S/C28H36N6O2/c1-6-12-30-28(33-26-18(2)8-7-9-19(26)3)34-27-22-15-24(35-5)25(16-23(22)31-17-32-27)36-20(4)21-10-13-29-14-11-21/h6-9,15-17,20-21,29H,1,10-14H2,2-5H3,(H2,30,31,32,33,34). The molecule has 2 heterocycles. The van der Waals surface area contributed by atoms with E-state index in [9.17, 15) is 0 Å². The van der Waals surface area contributed by atoms with Crippen LogP contribution in [-0.4, -0.2) is 48.8 Å². The molecule has 190 valence electrons. The minimum atomic E-state index is 0.0806. The van der Waals surface area contributed by atoms with Gasteiger partial charge >= 0.3 is 0 Å². The summed E-state index contributed by atoms with van der Waals surface area (Å²) in [5.74, 6) is 3.04. The Morgan fingerprint density at radius 1 is 1.17 bits per heavy atom. The first-order valence-corrected chi connectivity index (χ1v) is 12.5. The van der Waals surface area contributed by atoms with Crippen LogP contribution in [0.4, 0.5) is 11.5 Å². The number of fused-ring (bicyclic) bond motifs is 1. The Labute approximate surface area is 213 Å². The number of hydrogen-bond acceptors (Lipinski definition) is 6. The van der Waals surface area contributed by atoms with Crippen LogP contribution in [0.1, 0.15) is 30.9 Å².